The molecule has 0 aliphatic heterocycles. The van der Waals surface area contributed by atoms with Gasteiger partial charge in [0, 0.05) is 18.3 Å². The predicted octanol–water partition coefficient (Wildman–Crippen LogP) is 4.64. The Balaban J connectivity index is 1.73. The zero-order valence-corrected chi connectivity index (χ0v) is 15.5. The number of rotatable bonds is 9. The van der Waals surface area contributed by atoms with Crippen molar-refractivity contribution in [2.24, 2.45) is 0 Å². The van der Waals surface area contributed by atoms with Crippen molar-refractivity contribution in [3.05, 3.63) is 90.0 Å². The van der Waals surface area contributed by atoms with Gasteiger partial charge in [0.25, 0.3) is 0 Å². The largest absolute Gasteiger partial charge is 0.485 e. The van der Waals surface area contributed by atoms with Crippen LogP contribution in [0.25, 0.3) is 0 Å². The van der Waals surface area contributed by atoms with Crippen LogP contribution in [0.2, 0.25) is 0 Å². The first-order chi connectivity index (χ1) is 13.2. The first-order valence-electron chi connectivity index (χ1n) is 9.10. The first kappa shape index (κ1) is 18.8. The van der Waals surface area contributed by atoms with Crippen molar-refractivity contribution in [3.8, 4) is 11.5 Å². The summed E-state index contributed by atoms with van der Waals surface area (Å²) in [6.45, 7) is 3.16. The van der Waals surface area contributed by atoms with Crippen molar-refractivity contribution in [1.29, 1.82) is 0 Å². The van der Waals surface area contributed by atoms with Gasteiger partial charge in [-0.25, -0.2) is 0 Å². The van der Waals surface area contributed by atoms with Crippen molar-refractivity contribution >= 4 is 5.69 Å². The van der Waals surface area contributed by atoms with Gasteiger partial charge >= 0.3 is 0 Å². The highest BCUT2D eigenvalue weighted by Crippen LogP contribution is 2.32. The Labute approximate surface area is 160 Å². The molecule has 1 unspecified atom stereocenters. The third kappa shape index (κ3) is 6.04. The number of benzene rings is 3. The summed E-state index contributed by atoms with van der Waals surface area (Å²) >= 11 is 0. The van der Waals surface area contributed by atoms with Crippen LogP contribution in [-0.2, 0) is 13.2 Å². The van der Waals surface area contributed by atoms with Gasteiger partial charge in [0.1, 0.15) is 13.2 Å². The average molecular weight is 363 g/mol. The Hall–Kier alpha value is -2.98. The Bertz CT molecular complexity index is 820. The van der Waals surface area contributed by atoms with Gasteiger partial charge in [0.05, 0.1) is 6.10 Å². The standard InChI is InChI=1S/C23H25NO3/c1-18(25)15-24-21-12-13-22(26-16-19-8-4-2-5-9-19)23(14-21)27-17-20-10-6-3-7-11-20/h2-14,18,24-25H,15-17H2,1H3. The van der Waals surface area contributed by atoms with Gasteiger partial charge in [0.2, 0.25) is 0 Å². The van der Waals surface area contributed by atoms with Crippen molar-refractivity contribution in [1.82, 2.24) is 0 Å². The number of ether oxygens (including phenoxy) is 2. The van der Waals surface area contributed by atoms with E-state index in [0.717, 1.165) is 16.8 Å². The maximum absolute atomic E-state index is 9.48. The molecule has 4 heteroatoms. The maximum Gasteiger partial charge on any atom is 0.163 e. The smallest absolute Gasteiger partial charge is 0.163 e. The summed E-state index contributed by atoms with van der Waals surface area (Å²) in [6.07, 6.45) is -0.423. The van der Waals surface area contributed by atoms with Crippen LogP contribution in [0.5, 0.6) is 11.5 Å². The van der Waals surface area contributed by atoms with E-state index < -0.39 is 6.10 Å². The monoisotopic (exact) mass is 363 g/mol. The Morgan fingerprint density at radius 2 is 1.33 bits per heavy atom. The fourth-order valence-electron chi connectivity index (χ4n) is 2.59. The minimum atomic E-state index is -0.423. The third-order valence-electron chi connectivity index (χ3n) is 4.02. The molecule has 0 aliphatic rings. The minimum Gasteiger partial charge on any atom is -0.485 e. The average Bonchev–Trinajstić information content (AvgIpc) is 2.71. The van der Waals surface area contributed by atoms with E-state index in [-0.39, 0.29) is 0 Å². The molecular weight excluding hydrogens is 338 g/mol. The molecule has 3 rings (SSSR count). The predicted molar refractivity (Wildman–Crippen MR) is 108 cm³/mol. The van der Waals surface area contributed by atoms with Gasteiger partial charge in [0.15, 0.2) is 11.5 Å². The van der Waals surface area contributed by atoms with Crippen LogP contribution in [0, 0.1) is 0 Å². The third-order valence-corrected chi connectivity index (χ3v) is 4.02. The van der Waals surface area contributed by atoms with E-state index in [4.69, 9.17) is 9.47 Å². The molecule has 27 heavy (non-hydrogen) atoms. The summed E-state index contributed by atoms with van der Waals surface area (Å²) in [5, 5.41) is 12.7. The van der Waals surface area contributed by atoms with Crippen LogP contribution in [0.1, 0.15) is 18.1 Å². The van der Waals surface area contributed by atoms with Crippen LogP contribution < -0.4 is 14.8 Å². The van der Waals surface area contributed by atoms with Gasteiger partial charge < -0.3 is 19.9 Å². The van der Waals surface area contributed by atoms with E-state index in [1.165, 1.54) is 0 Å². The molecule has 4 nitrogen and oxygen atoms in total. The quantitative estimate of drug-likeness (QED) is 0.582. The molecule has 0 fully saturated rings. The Morgan fingerprint density at radius 3 is 1.89 bits per heavy atom. The molecular formula is C23H25NO3. The molecule has 140 valence electrons. The molecule has 2 N–H and O–H groups in total. The minimum absolute atomic E-state index is 0.423. The molecule has 0 saturated heterocycles. The number of hydrogen-bond acceptors (Lipinski definition) is 4. The topological polar surface area (TPSA) is 50.7 Å². The SMILES string of the molecule is CC(O)CNc1ccc(OCc2ccccc2)c(OCc2ccccc2)c1. The molecule has 3 aromatic carbocycles. The second-order valence-corrected chi connectivity index (χ2v) is 6.44. The number of aliphatic hydroxyl groups excluding tert-OH is 1. The summed E-state index contributed by atoms with van der Waals surface area (Å²) in [6, 6.07) is 25.8. The van der Waals surface area contributed by atoms with Crippen LogP contribution in [0.3, 0.4) is 0 Å². The van der Waals surface area contributed by atoms with E-state index in [1.54, 1.807) is 6.92 Å². The molecule has 0 aromatic heterocycles. The highest BCUT2D eigenvalue weighted by molar-refractivity contribution is 5.55. The van der Waals surface area contributed by atoms with E-state index >= 15 is 0 Å². The van der Waals surface area contributed by atoms with E-state index in [0.29, 0.717) is 31.3 Å². The number of hydrogen-bond donors (Lipinski definition) is 2. The van der Waals surface area contributed by atoms with E-state index in [9.17, 15) is 5.11 Å². The van der Waals surface area contributed by atoms with Crippen LogP contribution in [0.15, 0.2) is 78.9 Å². The van der Waals surface area contributed by atoms with E-state index in [1.807, 2.05) is 78.9 Å². The number of aliphatic hydroxyl groups is 1. The van der Waals surface area contributed by atoms with Gasteiger partial charge in [-0.3, -0.25) is 0 Å². The van der Waals surface area contributed by atoms with Crippen LogP contribution in [-0.4, -0.2) is 17.8 Å². The highest BCUT2D eigenvalue weighted by atomic mass is 16.5. The number of nitrogens with one attached hydrogen (secondary N) is 1. The highest BCUT2D eigenvalue weighted by Gasteiger charge is 2.09. The molecule has 0 saturated carbocycles. The van der Waals surface area contributed by atoms with Crippen molar-refractivity contribution in [2.45, 2.75) is 26.2 Å². The molecule has 0 amide bonds. The molecule has 0 bridgehead atoms. The lowest BCUT2D eigenvalue weighted by atomic mass is 10.2. The van der Waals surface area contributed by atoms with Gasteiger partial charge in [-0.2, -0.15) is 0 Å². The van der Waals surface area contributed by atoms with Crippen molar-refractivity contribution < 1.29 is 14.6 Å². The Morgan fingerprint density at radius 1 is 0.778 bits per heavy atom. The van der Waals surface area contributed by atoms with Crippen LogP contribution >= 0.6 is 0 Å². The summed E-state index contributed by atoms with van der Waals surface area (Å²) in [4.78, 5) is 0. The first-order valence-corrected chi connectivity index (χ1v) is 9.10. The zero-order chi connectivity index (χ0) is 18.9. The lowest BCUT2D eigenvalue weighted by Crippen LogP contribution is -2.15. The Kier molecular flexibility index (Phi) is 6.72. The molecule has 1 atom stereocenters. The lowest BCUT2D eigenvalue weighted by Gasteiger charge is -2.16. The van der Waals surface area contributed by atoms with Crippen LogP contribution in [0.4, 0.5) is 5.69 Å². The second kappa shape index (κ2) is 9.64. The summed E-state index contributed by atoms with van der Waals surface area (Å²) in [5.41, 5.74) is 3.07. The fourth-order valence-corrected chi connectivity index (χ4v) is 2.59. The zero-order valence-electron chi connectivity index (χ0n) is 15.5. The van der Waals surface area contributed by atoms with Gasteiger partial charge in [-0.05, 0) is 30.2 Å². The molecule has 0 heterocycles. The van der Waals surface area contributed by atoms with Crippen molar-refractivity contribution in [2.75, 3.05) is 11.9 Å². The maximum atomic E-state index is 9.48. The molecule has 0 radical (unpaired) electrons. The molecule has 0 spiro atoms. The molecule has 3 aromatic rings. The fraction of sp³-hybridized carbons (Fsp3) is 0.217. The van der Waals surface area contributed by atoms with E-state index in [2.05, 4.69) is 5.32 Å². The lowest BCUT2D eigenvalue weighted by molar-refractivity contribution is 0.208. The molecule has 0 aliphatic carbocycles. The summed E-state index contributed by atoms with van der Waals surface area (Å²) < 4.78 is 12.0. The van der Waals surface area contributed by atoms with Gasteiger partial charge in [-0.15, -0.1) is 0 Å². The summed E-state index contributed by atoms with van der Waals surface area (Å²) in [5.74, 6) is 1.36. The second-order valence-electron chi connectivity index (χ2n) is 6.44. The normalized spacial score (nSPS) is 11.6. The number of anilines is 1. The summed E-state index contributed by atoms with van der Waals surface area (Å²) in [7, 11) is 0. The van der Waals surface area contributed by atoms with Gasteiger partial charge in [-0.1, -0.05) is 60.7 Å². The van der Waals surface area contributed by atoms with Crippen molar-refractivity contribution in [3.63, 3.8) is 0 Å².